The van der Waals surface area contributed by atoms with Gasteiger partial charge in [0, 0.05) is 19.0 Å². The fourth-order valence-corrected chi connectivity index (χ4v) is 4.83. The number of non-ortho nitro benzene ring substituents is 1. The molecule has 0 radical (unpaired) electrons. The number of nitro benzene ring substituents is 2. The van der Waals surface area contributed by atoms with Crippen molar-refractivity contribution in [3.63, 3.8) is 0 Å². The minimum absolute atomic E-state index is 0.156. The van der Waals surface area contributed by atoms with Crippen LogP contribution in [-0.2, 0) is 61.6 Å². The Morgan fingerprint density at radius 2 is 0.847 bits per heavy atom. The number of nitro groups is 2. The molecule has 0 saturated heterocycles. The maximum Gasteiger partial charge on any atom is 0.305 e. The number of carbonyl (C=O) groups is 1. The topological polar surface area (TPSA) is 226 Å². The lowest BCUT2D eigenvalue weighted by Crippen LogP contribution is -2.16. The summed E-state index contributed by atoms with van der Waals surface area (Å²) >= 11 is 0. The van der Waals surface area contributed by atoms with E-state index in [1.54, 1.807) is 0 Å². The SMILES string of the molecule is CCCCCCCCC(=O)OCCOCCOCCOCCOCCOCCOCCOCCOCCOCCOCCOCCNc1ccc([N+](=O)[O-])cc1[N+](=O)[O-]. The van der Waals surface area contributed by atoms with Crippen LogP contribution in [0.4, 0.5) is 17.1 Å². The van der Waals surface area contributed by atoms with E-state index in [4.69, 9.17) is 56.8 Å². The molecule has 0 fully saturated rings. The molecular weight excluding hydrogens is 782 g/mol. The van der Waals surface area contributed by atoms with E-state index < -0.39 is 9.85 Å². The van der Waals surface area contributed by atoms with Crippen molar-refractivity contribution in [2.75, 3.05) is 164 Å². The molecule has 0 aliphatic heterocycles. The maximum absolute atomic E-state index is 11.7. The Labute approximate surface area is 348 Å². The highest BCUT2D eigenvalue weighted by Gasteiger charge is 2.19. The van der Waals surface area contributed by atoms with Crippen molar-refractivity contribution < 1.29 is 71.5 Å². The first kappa shape index (κ1) is 53.9. The summed E-state index contributed by atoms with van der Waals surface area (Å²) in [7, 11) is 0. The molecule has 0 aliphatic rings. The third-order valence-electron chi connectivity index (χ3n) is 7.90. The molecule has 0 atom stereocenters. The zero-order valence-electron chi connectivity index (χ0n) is 35.0. The Balaban J connectivity index is 1.69. The molecule has 20 nitrogen and oxygen atoms in total. The Morgan fingerprint density at radius 1 is 0.492 bits per heavy atom. The van der Waals surface area contributed by atoms with Crippen LogP contribution in [0.15, 0.2) is 18.2 Å². The van der Waals surface area contributed by atoms with Crippen LogP contribution in [0.5, 0.6) is 0 Å². The first-order valence-electron chi connectivity index (χ1n) is 20.6. The van der Waals surface area contributed by atoms with Gasteiger partial charge in [0.2, 0.25) is 0 Å². The summed E-state index contributed by atoms with van der Waals surface area (Å²) in [6.07, 6.45) is 7.35. The summed E-state index contributed by atoms with van der Waals surface area (Å²) in [5.74, 6) is -0.156. The van der Waals surface area contributed by atoms with Gasteiger partial charge >= 0.3 is 5.97 Å². The average Bonchev–Trinajstić information content (AvgIpc) is 3.23. The predicted molar refractivity (Wildman–Crippen MR) is 216 cm³/mol. The summed E-state index contributed by atoms with van der Waals surface area (Å²) in [5.41, 5.74) is -0.535. The van der Waals surface area contributed by atoms with Crippen LogP contribution in [0.1, 0.15) is 51.9 Å². The molecule has 0 bridgehead atoms. The van der Waals surface area contributed by atoms with E-state index in [9.17, 15) is 25.0 Å². The van der Waals surface area contributed by atoms with E-state index in [1.165, 1.54) is 37.8 Å². The van der Waals surface area contributed by atoms with Crippen molar-refractivity contribution in [2.24, 2.45) is 0 Å². The van der Waals surface area contributed by atoms with E-state index >= 15 is 0 Å². The molecule has 0 aromatic heterocycles. The highest BCUT2D eigenvalue weighted by Crippen LogP contribution is 2.28. The third-order valence-corrected chi connectivity index (χ3v) is 7.90. The van der Waals surface area contributed by atoms with Crippen molar-refractivity contribution >= 4 is 23.0 Å². The van der Waals surface area contributed by atoms with Gasteiger partial charge in [0.05, 0.1) is 161 Å². The maximum atomic E-state index is 11.7. The summed E-state index contributed by atoms with van der Waals surface area (Å²) in [5, 5.41) is 24.8. The minimum Gasteiger partial charge on any atom is -0.463 e. The van der Waals surface area contributed by atoms with Crippen molar-refractivity contribution in [1.82, 2.24) is 0 Å². The van der Waals surface area contributed by atoms with Gasteiger partial charge in [-0.05, 0) is 12.5 Å². The lowest BCUT2D eigenvalue weighted by molar-refractivity contribution is -0.393. The summed E-state index contributed by atoms with van der Waals surface area (Å²) < 4.78 is 65.2. The molecule has 1 aromatic rings. The summed E-state index contributed by atoms with van der Waals surface area (Å²) in [4.78, 5) is 32.3. The largest absolute Gasteiger partial charge is 0.463 e. The molecule has 1 N–H and O–H groups in total. The second kappa shape index (κ2) is 41.6. The number of carbonyl (C=O) groups excluding carboxylic acids is 1. The van der Waals surface area contributed by atoms with E-state index in [1.807, 2.05) is 0 Å². The molecule has 59 heavy (non-hydrogen) atoms. The molecule has 0 aliphatic carbocycles. The minimum atomic E-state index is -0.682. The van der Waals surface area contributed by atoms with Crippen LogP contribution in [0.3, 0.4) is 0 Å². The van der Waals surface area contributed by atoms with E-state index in [0.29, 0.717) is 145 Å². The average molecular weight is 852 g/mol. The lowest BCUT2D eigenvalue weighted by Gasteiger charge is -2.09. The number of nitrogens with one attached hydrogen (secondary N) is 1. The molecule has 1 rings (SSSR count). The second-order valence-electron chi connectivity index (χ2n) is 12.6. The fourth-order valence-electron chi connectivity index (χ4n) is 4.83. The number of anilines is 1. The van der Waals surface area contributed by atoms with Crippen LogP contribution >= 0.6 is 0 Å². The van der Waals surface area contributed by atoms with Crippen LogP contribution in [0.25, 0.3) is 0 Å². The van der Waals surface area contributed by atoms with Gasteiger partial charge in [-0.3, -0.25) is 25.0 Å². The van der Waals surface area contributed by atoms with Crippen molar-refractivity contribution in [2.45, 2.75) is 51.9 Å². The highest BCUT2D eigenvalue weighted by molar-refractivity contribution is 5.69. The standard InChI is InChI=1S/C39H69N3O17/c1-2-3-4-5-6-7-8-39(43)59-34-33-58-32-31-57-30-29-56-28-27-55-26-25-54-24-23-53-22-21-52-20-19-51-18-17-50-16-15-49-14-13-48-12-11-40-37-10-9-36(41(44)45)35-38(37)42(46)47/h9-10,35,40H,2-8,11-34H2,1H3. The third kappa shape index (κ3) is 35.3. The van der Waals surface area contributed by atoms with Crippen molar-refractivity contribution in [1.29, 1.82) is 0 Å². The number of benzene rings is 1. The summed E-state index contributed by atoms with van der Waals surface area (Å²) in [6, 6.07) is 3.42. The first-order chi connectivity index (χ1) is 29.0. The molecule has 0 heterocycles. The van der Waals surface area contributed by atoms with Crippen LogP contribution in [0, 0.1) is 20.2 Å². The van der Waals surface area contributed by atoms with Gasteiger partial charge in [-0.2, -0.15) is 0 Å². The second-order valence-corrected chi connectivity index (χ2v) is 12.6. The Bertz CT molecular complexity index is 1150. The van der Waals surface area contributed by atoms with Gasteiger partial charge in [-0.1, -0.05) is 39.0 Å². The molecule has 1 aromatic carbocycles. The molecule has 20 heteroatoms. The molecule has 0 amide bonds. The number of hydrogen-bond acceptors (Lipinski definition) is 18. The zero-order chi connectivity index (χ0) is 42.7. The molecule has 0 spiro atoms. The zero-order valence-corrected chi connectivity index (χ0v) is 35.0. The van der Waals surface area contributed by atoms with Gasteiger partial charge in [0.15, 0.2) is 0 Å². The molecular formula is C39H69N3O17. The van der Waals surface area contributed by atoms with E-state index in [2.05, 4.69) is 12.2 Å². The lowest BCUT2D eigenvalue weighted by atomic mass is 10.1. The first-order valence-corrected chi connectivity index (χ1v) is 20.6. The molecule has 342 valence electrons. The van der Waals surface area contributed by atoms with Gasteiger partial charge in [0.1, 0.15) is 12.3 Å². The Morgan fingerprint density at radius 3 is 1.22 bits per heavy atom. The summed E-state index contributed by atoms with van der Waals surface area (Å²) in [6.45, 7) is 12.2. The van der Waals surface area contributed by atoms with Gasteiger partial charge in [-0.25, -0.2) is 0 Å². The van der Waals surface area contributed by atoms with Crippen LogP contribution < -0.4 is 5.32 Å². The monoisotopic (exact) mass is 851 g/mol. The van der Waals surface area contributed by atoms with E-state index in [0.717, 1.165) is 18.9 Å². The smallest absolute Gasteiger partial charge is 0.305 e. The number of esters is 1. The Hall–Kier alpha value is -3.15. The molecule has 0 saturated carbocycles. The number of ether oxygens (including phenoxy) is 12. The fraction of sp³-hybridized carbons (Fsp3) is 0.821. The number of nitrogens with zero attached hydrogens (tertiary/aromatic N) is 2. The van der Waals surface area contributed by atoms with Gasteiger partial charge in [0.25, 0.3) is 11.4 Å². The van der Waals surface area contributed by atoms with Gasteiger partial charge < -0.3 is 62.2 Å². The number of rotatable bonds is 46. The van der Waals surface area contributed by atoms with Crippen LogP contribution in [-0.4, -0.2) is 174 Å². The van der Waals surface area contributed by atoms with Gasteiger partial charge in [-0.15, -0.1) is 0 Å². The Kier molecular flexibility index (Phi) is 38.0. The van der Waals surface area contributed by atoms with Crippen molar-refractivity contribution in [3.8, 4) is 0 Å². The highest BCUT2D eigenvalue weighted by atomic mass is 16.6. The van der Waals surface area contributed by atoms with E-state index in [-0.39, 0.29) is 42.8 Å². The number of unbranched alkanes of at least 4 members (excludes halogenated alkanes) is 5. The number of hydrogen-bond donors (Lipinski definition) is 1. The predicted octanol–water partition coefficient (Wildman–Crippen LogP) is 4.39. The quantitative estimate of drug-likeness (QED) is 0.0415. The van der Waals surface area contributed by atoms with Crippen molar-refractivity contribution in [3.05, 3.63) is 38.4 Å². The normalized spacial score (nSPS) is 11.3. The molecule has 0 unspecified atom stereocenters. The van der Waals surface area contributed by atoms with Crippen LogP contribution in [0.2, 0.25) is 0 Å².